The minimum atomic E-state index is 0.462. The van der Waals surface area contributed by atoms with Crippen molar-refractivity contribution >= 4 is 0 Å². The fraction of sp³-hybridized carbons (Fsp3) is 1.00. The molecule has 2 rings (SSSR count). The molecule has 0 aromatic heterocycles. The Bertz CT molecular complexity index is 169. The molecule has 0 saturated carbocycles. The number of rotatable bonds is 3. The third-order valence-corrected chi connectivity index (χ3v) is 3.54. The molecule has 3 heteroatoms. The van der Waals surface area contributed by atoms with Gasteiger partial charge < -0.3 is 15.4 Å². The Hall–Kier alpha value is -0.120. The van der Waals surface area contributed by atoms with Crippen molar-refractivity contribution in [3.05, 3.63) is 0 Å². The van der Waals surface area contributed by atoms with Gasteiger partial charge >= 0.3 is 0 Å². The molecule has 0 spiro atoms. The maximum Gasteiger partial charge on any atom is 0.0588 e. The highest BCUT2D eigenvalue weighted by Gasteiger charge is 2.24. The van der Waals surface area contributed by atoms with Crippen LogP contribution >= 0.6 is 0 Å². The van der Waals surface area contributed by atoms with Crippen LogP contribution < -0.4 is 10.6 Å². The molecule has 0 bridgehead atoms. The molecule has 0 amide bonds. The van der Waals surface area contributed by atoms with Gasteiger partial charge in [0.25, 0.3) is 0 Å². The lowest BCUT2D eigenvalue weighted by Crippen LogP contribution is -2.42. The summed E-state index contributed by atoms with van der Waals surface area (Å²) in [7, 11) is 0. The average Bonchev–Trinajstić information content (AvgIpc) is 2.63. The lowest BCUT2D eigenvalue weighted by atomic mass is 10.0. The molecule has 0 radical (unpaired) electrons. The molecule has 0 aliphatic carbocycles. The van der Waals surface area contributed by atoms with E-state index in [2.05, 4.69) is 17.6 Å². The molecule has 2 aliphatic rings. The van der Waals surface area contributed by atoms with Crippen LogP contribution in [0.5, 0.6) is 0 Å². The van der Waals surface area contributed by atoms with Gasteiger partial charge in [-0.25, -0.2) is 0 Å². The predicted molar refractivity (Wildman–Crippen MR) is 57.4 cm³/mol. The summed E-state index contributed by atoms with van der Waals surface area (Å²) in [5, 5.41) is 7.06. The molecule has 82 valence electrons. The summed E-state index contributed by atoms with van der Waals surface area (Å²) in [6.45, 7) is 6.65. The lowest BCUT2D eigenvalue weighted by Gasteiger charge is -2.25. The quantitative estimate of drug-likeness (QED) is 0.702. The highest BCUT2D eigenvalue weighted by atomic mass is 16.5. The summed E-state index contributed by atoms with van der Waals surface area (Å²) in [5.41, 5.74) is 0. The van der Waals surface area contributed by atoms with Crippen molar-refractivity contribution < 1.29 is 4.74 Å². The van der Waals surface area contributed by atoms with Crippen molar-refractivity contribution in [2.75, 3.05) is 26.2 Å². The largest absolute Gasteiger partial charge is 0.378 e. The van der Waals surface area contributed by atoms with Crippen LogP contribution in [0.15, 0.2) is 0 Å². The van der Waals surface area contributed by atoms with Gasteiger partial charge in [-0.1, -0.05) is 0 Å². The van der Waals surface area contributed by atoms with Crippen LogP contribution in [0.2, 0.25) is 0 Å². The molecule has 3 nitrogen and oxygen atoms in total. The standard InChI is InChI=1S/C11H22N2O/c1-9-10(4-7-14-9)8-13-11-2-5-12-6-3-11/h9-13H,2-8H2,1H3. The Labute approximate surface area is 86.6 Å². The van der Waals surface area contributed by atoms with Gasteiger partial charge in [-0.2, -0.15) is 0 Å². The van der Waals surface area contributed by atoms with Gasteiger partial charge in [-0.3, -0.25) is 0 Å². The summed E-state index contributed by atoms with van der Waals surface area (Å²) in [6, 6.07) is 0.740. The Morgan fingerprint density at radius 1 is 1.29 bits per heavy atom. The molecule has 2 saturated heterocycles. The van der Waals surface area contributed by atoms with Crippen molar-refractivity contribution in [1.82, 2.24) is 10.6 Å². The second kappa shape index (κ2) is 5.10. The van der Waals surface area contributed by atoms with Crippen molar-refractivity contribution in [2.45, 2.75) is 38.3 Å². The number of ether oxygens (including phenoxy) is 1. The van der Waals surface area contributed by atoms with Crippen LogP contribution in [0.3, 0.4) is 0 Å². The predicted octanol–water partition coefficient (Wildman–Crippen LogP) is 0.753. The van der Waals surface area contributed by atoms with E-state index in [1.807, 2.05) is 0 Å². The SMILES string of the molecule is CC1OCCC1CNC1CCNCC1. The summed E-state index contributed by atoms with van der Waals surface area (Å²) >= 11 is 0. The molecule has 2 fully saturated rings. The molecule has 2 aliphatic heterocycles. The monoisotopic (exact) mass is 198 g/mol. The van der Waals surface area contributed by atoms with Gasteiger partial charge in [0, 0.05) is 19.2 Å². The zero-order chi connectivity index (χ0) is 9.80. The molecule has 2 unspecified atom stereocenters. The minimum Gasteiger partial charge on any atom is -0.378 e. The minimum absolute atomic E-state index is 0.462. The number of hydrogen-bond donors (Lipinski definition) is 2. The zero-order valence-corrected chi connectivity index (χ0v) is 9.09. The molecule has 2 atom stereocenters. The van der Waals surface area contributed by atoms with E-state index in [9.17, 15) is 0 Å². The van der Waals surface area contributed by atoms with Crippen molar-refractivity contribution in [3.8, 4) is 0 Å². The topological polar surface area (TPSA) is 33.3 Å². The Morgan fingerprint density at radius 2 is 2.07 bits per heavy atom. The Balaban J connectivity index is 1.65. The summed E-state index contributed by atoms with van der Waals surface area (Å²) in [6.07, 6.45) is 4.26. The first-order valence-electron chi connectivity index (χ1n) is 5.92. The van der Waals surface area contributed by atoms with E-state index in [-0.39, 0.29) is 0 Å². The van der Waals surface area contributed by atoms with Gasteiger partial charge in [-0.05, 0) is 45.2 Å². The van der Waals surface area contributed by atoms with Gasteiger partial charge in [0.05, 0.1) is 6.10 Å². The number of piperidine rings is 1. The van der Waals surface area contributed by atoms with E-state index in [0.29, 0.717) is 6.10 Å². The summed E-state index contributed by atoms with van der Waals surface area (Å²) in [5.74, 6) is 0.741. The van der Waals surface area contributed by atoms with Crippen LogP contribution in [0.4, 0.5) is 0 Å². The second-order valence-electron chi connectivity index (χ2n) is 4.56. The second-order valence-corrected chi connectivity index (χ2v) is 4.56. The molecule has 0 aromatic carbocycles. The Morgan fingerprint density at radius 3 is 2.71 bits per heavy atom. The molecular formula is C11H22N2O. The summed E-state index contributed by atoms with van der Waals surface area (Å²) in [4.78, 5) is 0. The molecule has 14 heavy (non-hydrogen) atoms. The lowest BCUT2D eigenvalue weighted by molar-refractivity contribution is 0.104. The van der Waals surface area contributed by atoms with E-state index in [0.717, 1.165) is 25.1 Å². The van der Waals surface area contributed by atoms with Crippen LogP contribution in [0, 0.1) is 5.92 Å². The molecule has 0 aromatic rings. The third kappa shape index (κ3) is 2.69. The first kappa shape index (κ1) is 10.4. The van der Waals surface area contributed by atoms with Gasteiger partial charge in [0.2, 0.25) is 0 Å². The van der Waals surface area contributed by atoms with Crippen LogP contribution in [0.25, 0.3) is 0 Å². The highest BCUT2D eigenvalue weighted by molar-refractivity contribution is 4.79. The highest BCUT2D eigenvalue weighted by Crippen LogP contribution is 2.19. The van der Waals surface area contributed by atoms with Crippen LogP contribution in [-0.2, 0) is 4.74 Å². The number of hydrogen-bond acceptors (Lipinski definition) is 3. The first-order chi connectivity index (χ1) is 6.86. The van der Waals surface area contributed by atoms with Crippen LogP contribution in [-0.4, -0.2) is 38.4 Å². The van der Waals surface area contributed by atoms with E-state index >= 15 is 0 Å². The Kier molecular flexibility index (Phi) is 3.79. The first-order valence-corrected chi connectivity index (χ1v) is 5.92. The fourth-order valence-electron chi connectivity index (χ4n) is 2.39. The van der Waals surface area contributed by atoms with Crippen molar-refractivity contribution in [2.24, 2.45) is 5.92 Å². The summed E-state index contributed by atoms with van der Waals surface area (Å²) < 4.78 is 5.55. The fourth-order valence-corrected chi connectivity index (χ4v) is 2.39. The van der Waals surface area contributed by atoms with Gasteiger partial charge in [-0.15, -0.1) is 0 Å². The molecule has 2 N–H and O–H groups in total. The van der Waals surface area contributed by atoms with Gasteiger partial charge in [0.1, 0.15) is 0 Å². The maximum absolute atomic E-state index is 5.55. The van der Waals surface area contributed by atoms with Crippen molar-refractivity contribution in [3.63, 3.8) is 0 Å². The van der Waals surface area contributed by atoms with Crippen molar-refractivity contribution in [1.29, 1.82) is 0 Å². The van der Waals surface area contributed by atoms with Crippen LogP contribution in [0.1, 0.15) is 26.2 Å². The zero-order valence-electron chi connectivity index (χ0n) is 9.09. The van der Waals surface area contributed by atoms with E-state index < -0.39 is 0 Å². The smallest absolute Gasteiger partial charge is 0.0588 e. The van der Waals surface area contributed by atoms with E-state index in [1.165, 1.54) is 32.4 Å². The van der Waals surface area contributed by atoms with Gasteiger partial charge in [0.15, 0.2) is 0 Å². The van der Waals surface area contributed by atoms with E-state index in [4.69, 9.17) is 4.74 Å². The maximum atomic E-state index is 5.55. The molecular weight excluding hydrogens is 176 g/mol. The normalized spacial score (nSPS) is 34.9. The third-order valence-electron chi connectivity index (χ3n) is 3.54. The number of nitrogens with one attached hydrogen (secondary N) is 2. The molecule has 2 heterocycles. The van der Waals surface area contributed by atoms with E-state index in [1.54, 1.807) is 0 Å². The average molecular weight is 198 g/mol.